The van der Waals surface area contributed by atoms with Crippen LogP contribution in [0.3, 0.4) is 0 Å². The van der Waals surface area contributed by atoms with Crippen molar-refractivity contribution in [3.63, 3.8) is 0 Å². The van der Waals surface area contributed by atoms with Crippen LogP contribution in [-0.4, -0.2) is 25.5 Å². The molecule has 1 saturated carbocycles. The maximum atomic E-state index is 12.4. The summed E-state index contributed by atoms with van der Waals surface area (Å²) < 4.78 is 0. The minimum atomic E-state index is 0.0389. The Bertz CT molecular complexity index is 521. The number of hydrogen-bond acceptors (Lipinski definition) is 3. The monoisotopic (exact) mass is 287 g/mol. The summed E-state index contributed by atoms with van der Waals surface area (Å²) in [6, 6.07) is 5.83. The Morgan fingerprint density at radius 2 is 1.86 bits per heavy atom. The second-order valence-corrected chi connectivity index (χ2v) is 6.67. The molecule has 1 aliphatic heterocycles. The number of amides is 1. The van der Waals surface area contributed by atoms with Gasteiger partial charge in [0.2, 0.25) is 0 Å². The molecule has 3 rings (SSSR count). The number of benzene rings is 1. The van der Waals surface area contributed by atoms with E-state index in [1.54, 1.807) is 0 Å². The molecule has 1 fully saturated rings. The van der Waals surface area contributed by atoms with Crippen molar-refractivity contribution < 1.29 is 4.79 Å². The zero-order chi connectivity index (χ0) is 14.7. The Labute approximate surface area is 126 Å². The Balaban J connectivity index is 1.62. The van der Waals surface area contributed by atoms with Gasteiger partial charge in [-0.3, -0.25) is 4.79 Å². The molecule has 1 aromatic carbocycles. The summed E-state index contributed by atoms with van der Waals surface area (Å²) in [5.41, 5.74) is 3.13. The van der Waals surface area contributed by atoms with Crippen LogP contribution in [0.2, 0.25) is 0 Å². The van der Waals surface area contributed by atoms with Crippen LogP contribution in [0.5, 0.6) is 0 Å². The number of fused-ring (bicyclic) bond motifs is 1. The number of nitrogens with one attached hydrogen (secondary N) is 3. The van der Waals surface area contributed by atoms with Gasteiger partial charge in [-0.2, -0.15) is 0 Å². The summed E-state index contributed by atoms with van der Waals surface area (Å²) in [5, 5.41) is 9.78. The maximum absolute atomic E-state index is 12.4. The molecule has 1 amide bonds. The third-order valence-electron chi connectivity index (χ3n) is 4.77. The molecule has 0 spiro atoms. The van der Waals surface area contributed by atoms with Gasteiger partial charge in [0.05, 0.1) is 11.4 Å². The topological polar surface area (TPSA) is 53.2 Å². The van der Waals surface area contributed by atoms with Gasteiger partial charge in [0.1, 0.15) is 0 Å². The lowest BCUT2D eigenvalue weighted by molar-refractivity contribution is 0.0919. The first-order valence-corrected chi connectivity index (χ1v) is 8.06. The molecule has 1 aromatic rings. The highest BCUT2D eigenvalue weighted by Gasteiger charge is 2.27. The smallest absolute Gasteiger partial charge is 0.251 e. The summed E-state index contributed by atoms with van der Waals surface area (Å²) >= 11 is 0. The number of rotatable bonds is 3. The van der Waals surface area contributed by atoms with Crippen LogP contribution < -0.4 is 16.0 Å². The van der Waals surface area contributed by atoms with Gasteiger partial charge in [0, 0.05) is 25.2 Å². The molecule has 4 heteroatoms. The van der Waals surface area contributed by atoms with E-state index in [1.165, 1.54) is 32.1 Å². The molecule has 1 heterocycles. The van der Waals surface area contributed by atoms with E-state index in [2.05, 4.69) is 22.9 Å². The van der Waals surface area contributed by atoms with Crippen LogP contribution in [0, 0.1) is 5.41 Å². The molecule has 0 atom stereocenters. The third-order valence-corrected chi connectivity index (χ3v) is 4.77. The summed E-state index contributed by atoms with van der Waals surface area (Å²) in [5.74, 6) is 0.0389. The molecule has 2 aliphatic rings. The van der Waals surface area contributed by atoms with E-state index in [-0.39, 0.29) is 11.3 Å². The van der Waals surface area contributed by atoms with E-state index in [0.717, 1.165) is 36.6 Å². The van der Waals surface area contributed by atoms with Crippen molar-refractivity contribution in [2.24, 2.45) is 5.41 Å². The summed E-state index contributed by atoms with van der Waals surface area (Å²) in [6.07, 6.45) is 6.38. The second-order valence-electron chi connectivity index (χ2n) is 6.67. The zero-order valence-corrected chi connectivity index (χ0v) is 12.8. The van der Waals surface area contributed by atoms with Crippen molar-refractivity contribution in [2.75, 3.05) is 30.3 Å². The van der Waals surface area contributed by atoms with Crippen LogP contribution in [0.4, 0.5) is 11.4 Å². The van der Waals surface area contributed by atoms with E-state index in [9.17, 15) is 4.79 Å². The molecular formula is C17H25N3O. The van der Waals surface area contributed by atoms with Crippen LogP contribution in [0.15, 0.2) is 18.2 Å². The molecule has 0 saturated heterocycles. The molecule has 3 N–H and O–H groups in total. The standard InChI is InChI=1S/C17H25N3O/c1-17(7-3-2-4-8-17)12-20-16(21)13-5-6-14-15(11-13)19-10-9-18-14/h5-6,11,18-19H,2-4,7-10,12H2,1H3,(H,20,21). The Morgan fingerprint density at radius 1 is 1.14 bits per heavy atom. The average molecular weight is 287 g/mol. The van der Waals surface area contributed by atoms with Gasteiger partial charge in [-0.25, -0.2) is 0 Å². The Kier molecular flexibility index (Phi) is 4.04. The highest BCUT2D eigenvalue weighted by atomic mass is 16.1. The molecule has 0 bridgehead atoms. The largest absolute Gasteiger partial charge is 0.382 e. The number of anilines is 2. The first-order chi connectivity index (χ1) is 10.2. The van der Waals surface area contributed by atoms with Crippen LogP contribution in [0.1, 0.15) is 49.4 Å². The van der Waals surface area contributed by atoms with Crippen molar-refractivity contribution in [1.82, 2.24) is 5.32 Å². The SMILES string of the molecule is CC1(CNC(=O)c2ccc3c(c2)NCCN3)CCCCC1. The van der Waals surface area contributed by atoms with Crippen LogP contribution in [0.25, 0.3) is 0 Å². The van der Waals surface area contributed by atoms with Crippen molar-refractivity contribution in [2.45, 2.75) is 39.0 Å². The fourth-order valence-electron chi connectivity index (χ4n) is 3.36. The lowest BCUT2D eigenvalue weighted by Gasteiger charge is -2.33. The van der Waals surface area contributed by atoms with Gasteiger partial charge in [-0.15, -0.1) is 0 Å². The van der Waals surface area contributed by atoms with E-state index in [1.807, 2.05) is 18.2 Å². The maximum Gasteiger partial charge on any atom is 0.251 e. The molecule has 0 radical (unpaired) electrons. The summed E-state index contributed by atoms with van der Waals surface area (Å²) in [6.45, 7) is 4.91. The van der Waals surface area contributed by atoms with Gasteiger partial charge in [-0.05, 0) is 36.5 Å². The Morgan fingerprint density at radius 3 is 2.62 bits per heavy atom. The second kappa shape index (κ2) is 5.96. The molecule has 21 heavy (non-hydrogen) atoms. The summed E-state index contributed by atoms with van der Waals surface area (Å²) in [4.78, 5) is 12.4. The predicted molar refractivity (Wildman–Crippen MR) is 86.9 cm³/mol. The van der Waals surface area contributed by atoms with Gasteiger partial charge in [-0.1, -0.05) is 26.2 Å². The average Bonchev–Trinajstić information content (AvgIpc) is 2.53. The van der Waals surface area contributed by atoms with Crippen molar-refractivity contribution in [3.05, 3.63) is 23.8 Å². The van der Waals surface area contributed by atoms with Crippen molar-refractivity contribution >= 4 is 17.3 Å². The molecular weight excluding hydrogens is 262 g/mol. The molecule has 114 valence electrons. The molecule has 0 unspecified atom stereocenters. The highest BCUT2D eigenvalue weighted by molar-refractivity contribution is 5.96. The highest BCUT2D eigenvalue weighted by Crippen LogP contribution is 2.35. The van der Waals surface area contributed by atoms with E-state index < -0.39 is 0 Å². The number of carbonyl (C=O) groups excluding carboxylic acids is 1. The van der Waals surface area contributed by atoms with Crippen molar-refractivity contribution in [3.8, 4) is 0 Å². The van der Waals surface area contributed by atoms with Gasteiger partial charge in [0.25, 0.3) is 5.91 Å². The molecule has 1 aliphatic carbocycles. The Hall–Kier alpha value is -1.71. The number of hydrogen-bond donors (Lipinski definition) is 3. The molecule has 0 aromatic heterocycles. The quantitative estimate of drug-likeness (QED) is 0.800. The lowest BCUT2D eigenvalue weighted by Crippen LogP contribution is -2.37. The van der Waals surface area contributed by atoms with Gasteiger partial charge >= 0.3 is 0 Å². The third kappa shape index (κ3) is 3.31. The molecule has 4 nitrogen and oxygen atoms in total. The summed E-state index contributed by atoms with van der Waals surface area (Å²) in [7, 11) is 0. The fraction of sp³-hybridized carbons (Fsp3) is 0.588. The first kappa shape index (κ1) is 14.2. The van der Waals surface area contributed by atoms with E-state index in [4.69, 9.17) is 0 Å². The first-order valence-electron chi connectivity index (χ1n) is 8.06. The van der Waals surface area contributed by atoms with Crippen LogP contribution in [-0.2, 0) is 0 Å². The number of carbonyl (C=O) groups is 1. The van der Waals surface area contributed by atoms with Crippen LogP contribution >= 0.6 is 0 Å². The van der Waals surface area contributed by atoms with Crippen molar-refractivity contribution in [1.29, 1.82) is 0 Å². The van der Waals surface area contributed by atoms with Gasteiger partial charge < -0.3 is 16.0 Å². The lowest BCUT2D eigenvalue weighted by atomic mass is 9.76. The van der Waals surface area contributed by atoms with E-state index >= 15 is 0 Å². The minimum Gasteiger partial charge on any atom is -0.382 e. The van der Waals surface area contributed by atoms with Gasteiger partial charge in [0.15, 0.2) is 0 Å². The fourth-order valence-corrected chi connectivity index (χ4v) is 3.36. The normalized spacial score (nSPS) is 19.9. The zero-order valence-electron chi connectivity index (χ0n) is 12.8. The van der Waals surface area contributed by atoms with E-state index in [0.29, 0.717) is 0 Å². The minimum absolute atomic E-state index is 0.0389. The predicted octanol–water partition coefficient (Wildman–Crippen LogP) is 3.22.